The summed E-state index contributed by atoms with van der Waals surface area (Å²) < 4.78 is 5.19. The van der Waals surface area contributed by atoms with E-state index in [0.29, 0.717) is 5.95 Å². The van der Waals surface area contributed by atoms with Gasteiger partial charge in [0.15, 0.2) is 5.37 Å². The van der Waals surface area contributed by atoms with Crippen LogP contribution in [-0.4, -0.2) is 57.3 Å². The van der Waals surface area contributed by atoms with Gasteiger partial charge in [0.2, 0.25) is 5.95 Å². The predicted octanol–water partition coefficient (Wildman–Crippen LogP) is 3.90. The number of hydrogen-bond acceptors (Lipinski definition) is 7. The van der Waals surface area contributed by atoms with Gasteiger partial charge >= 0.3 is 5.97 Å². The van der Waals surface area contributed by atoms with Crippen LogP contribution in [0.1, 0.15) is 5.56 Å². The van der Waals surface area contributed by atoms with Crippen LogP contribution in [0.3, 0.4) is 0 Å². The van der Waals surface area contributed by atoms with Crippen LogP contribution in [0.5, 0.6) is 5.75 Å². The SMILES string of the molecule is COc1ccc(-c2cnc(Nc3ccc(CCN4CCSC4C(=O)O)cc3)nc2)cc1. The molecule has 1 fully saturated rings. The second-order valence-corrected chi connectivity index (χ2v) is 8.38. The first-order chi connectivity index (χ1) is 15.1. The molecule has 0 radical (unpaired) electrons. The van der Waals surface area contributed by atoms with E-state index in [0.717, 1.165) is 47.8 Å². The van der Waals surface area contributed by atoms with Gasteiger partial charge in [-0.2, -0.15) is 0 Å². The molecular formula is C23H24N4O3S. The van der Waals surface area contributed by atoms with Crippen molar-refractivity contribution in [3.8, 4) is 16.9 Å². The standard InChI is InChI=1S/C23H24N4O3S/c1-30-20-8-4-17(5-9-20)18-14-24-23(25-15-18)26-19-6-2-16(3-7-19)10-11-27-12-13-31-21(27)22(28)29/h2-9,14-15,21H,10-13H2,1H3,(H,28,29)(H,24,25,26). The summed E-state index contributed by atoms with van der Waals surface area (Å²) in [7, 11) is 1.65. The Kier molecular flexibility index (Phi) is 6.69. The highest BCUT2D eigenvalue weighted by Gasteiger charge is 2.30. The zero-order valence-electron chi connectivity index (χ0n) is 17.2. The first kappa shape index (κ1) is 21.1. The molecule has 1 unspecified atom stereocenters. The summed E-state index contributed by atoms with van der Waals surface area (Å²) in [5, 5.41) is 12.1. The maximum Gasteiger partial charge on any atom is 0.331 e. The molecule has 0 spiro atoms. The number of nitrogens with zero attached hydrogens (tertiary/aromatic N) is 3. The zero-order chi connectivity index (χ0) is 21.6. The molecule has 2 N–H and O–H groups in total. The average Bonchev–Trinajstić information content (AvgIpc) is 3.28. The van der Waals surface area contributed by atoms with E-state index < -0.39 is 11.3 Å². The summed E-state index contributed by atoms with van der Waals surface area (Å²) in [4.78, 5) is 22.1. The largest absolute Gasteiger partial charge is 0.497 e. The monoisotopic (exact) mass is 436 g/mol. The Morgan fingerprint density at radius 2 is 1.84 bits per heavy atom. The molecule has 0 aliphatic carbocycles. The van der Waals surface area contributed by atoms with Crippen molar-refractivity contribution in [1.82, 2.24) is 14.9 Å². The van der Waals surface area contributed by atoms with Crippen molar-refractivity contribution in [2.45, 2.75) is 11.8 Å². The van der Waals surface area contributed by atoms with Gasteiger partial charge in [-0.15, -0.1) is 11.8 Å². The summed E-state index contributed by atoms with van der Waals surface area (Å²) in [5.41, 5.74) is 4.03. The molecule has 7 nitrogen and oxygen atoms in total. The molecule has 4 rings (SSSR count). The lowest BCUT2D eigenvalue weighted by atomic mass is 10.1. The van der Waals surface area contributed by atoms with E-state index in [-0.39, 0.29) is 0 Å². The first-order valence-electron chi connectivity index (χ1n) is 10.0. The normalized spacial score (nSPS) is 16.2. The summed E-state index contributed by atoms with van der Waals surface area (Å²) in [6, 6.07) is 15.8. The summed E-state index contributed by atoms with van der Waals surface area (Å²) in [6.07, 6.45) is 4.40. The molecule has 3 aromatic rings. The second kappa shape index (κ2) is 9.80. The lowest BCUT2D eigenvalue weighted by molar-refractivity contribution is -0.139. The van der Waals surface area contributed by atoms with Crippen LogP contribution in [0.15, 0.2) is 60.9 Å². The molecule has 1 saturated heterocycles. The fourth-order valence-corrected chi connectivity index (χ4v) is 4.57. The van der Waals surface area contributed by atoms with E-state index in [9.17, 15) is 9.90 Å². The number of carboxylic acids is 1. The molecule has 31 heavy (non-hydrogen) atoms. The fourth-order valence-electron chi connectivity index (χ4n) is 3.44. The van der Waals surface area contributed by atoms with Gasteiger partial charge in [0, 0.05) is 42.5 Å². The summed E-state index contributed by atoms with van der Waals surface area (Å²) in [5.74, 6) is 1.47. The molecule has 2 heterocycles. The van der Waals surface area contributed by atoms with Crippen LogP contribution >= 0.6 is 11.8 Å². The Hall–Kier alpha value is -3.10. The molecule has 2 aromatic carbocycles. The van der Waals surface area contributed by atoms with Crippen molar-refractivity contribution in [3.05, 3.63) is 66.5 Å². The number of hydrogen-bond donors (Lipinski definition) is 2. The van der Waals surface area contributed by atoms with Gasteiger partial charge in [0.05, 0.1) is 7.11 Å². The topological polar surface area (TPSA) is 87.6 Å². The number of ether oxygens (including phenoxy) is 1. The Bertz CT molecular complexity index is 1010. The Labute approximate surface area is 185 Å². The minimum absolute atomic E-state index is 0.418. The van der Waals surface area contributed by atoms with Gasteiger partial charge < -0.3 is 15.2 Å². The number of anilines is 2. The predicted molar refractivity (Wildman–Crippen MR) is 123 cm³/mol. The molecule has 8 heteroatoms. The number of aliphatic carboxylic acids is 1. The zero-order valence-corrected chi connectivity index (χ0v) is 18.0. The quantitative estimate of drug-likeness (QED) is 0.550. The van der Waals surface area contributed by atoms with Crippen molar-refractivity contribution < 1.29 is 14.6 Å². The molecule has 0 bridgehead atoms. The van der Waals surface area contributed by atoms with Gasteiger partial charge in [0.25, 0.3) is 0 Å². The molecule has 0 amide bonds. The Morgan fingerprint density at radius 3 is 2.48 bits per heavy atom. The van der Waals surface area contributed by atoms with Gasteiger partial charge in [-0.05, 0) is 41.8 Å². The Balaban J connectivity index is 1.32. The molecule has 0 saturated carbocycles. The number of benzene rings is 2. The van der Waals surface area contributed by atoms with Crippen LogP contribution in [-0.2, 0) is 11.2 Å². The van der Waals surface area contributed by atoms with E-state index in [1.165, 1.54) is 17.3 Å². The molecule has 1 aromatic heterocycles. The van der Waals surface area contributed by atoms with E-state index >= 15 is 0 Å². The molecular weight excluding hydrogens is 412 g/mol. The van der Waals surface area contributed by atoms with Crippen LogP contribution in [0, 0.1) is 0 Å². The number of aromatic nitrogens is 2. The lowest BCUT2D eigenvalue weighted by Crippen LogP contribution is -2.35. The van der Waals surface area contributed by atoms with Crippen molar-refractivity contribution in [3.63, 3.8) is 0 Å². The Morgan fingerprint density at radius 1 is 1.13 bits per heavy atom. The first-order valence-corrected chi connectivity index (χ1v) is 11.1. The van der Waals surface area contributed by atoms with E-state index in [4.69, 9.17) is 4.74 Å². The number of thioether (sulfide) groups is 1. The third-order valence-electron chi connectivity index (χ3n) is 5.17. The number of carbonyl (C=O) groups is 1. The summed E-state index contributed by atoms with van der Waals surface area (Å²) in [6.45, 7) is 1.57. The third kappa shape index (κ3) is 5.34. The number of methoxy groups -OCH3 is 1. The van der Waals surface area contributed by atoms with E-state index in [1.807, 2.05) is 53.4 Å². The smallest absolute Gasteiger partial charge is 0.331 e. The van der Waals surface area contributed by atoms with Gasteiger partial charge in [-0.3, -0.25) is 4.90 Å². The molecule has 1 atom stereocenters. The van der Waals surface area contributed by atoms with E-state index in [1.54, 1.807) is 19.5 Å². The number of nitrogens with one attached hydrogen (secondary N) is 1. The summed E-state index contributed by atoms with van der Waals surface area (Å²) >= 11 is 1.50. The van der Waals surface area contributed by atoms with Gasteiger partial charge in [-0.1, -0.05) is 24.3 Å². The maximum atomic E-state index is 11.3. The molecule has 1 aliphatic rings. The van der Waals surface area contributed by atoms with Crippen LogP contribution in [0.4, 0.5) is 11.6 Å². The minimum atomic E-state index is -0.750. The molecule has 160 valence electrons. The van der Waals surface area contributed by atoms with Crippen molar-refractivity contribution in [2.24, 2.45) is 0 Å². The van der Waals surface area contributed by atoms with Gasteiger partial charge in [0.1, 0.15) is 5.75 Å². The van der Waals surface area contributed by atoms with Crippen LogP contribution in [0.2, 0.25) is 0 Å². The highest BCUT2D eigenvalue weighted by atomic mass is 32.2. The highest BCUT2D eigenvalue weighted by molar-refractivity contribution is 8.00. The third-order valence-corrected chi connectivity index (χ3v) is 6.40. The maximum absolute atomic E-state index is 11.3. The number of carboxylic acid groups (broad SMARTS) is 1. The van der Waals surface area contributed by atoms with E-state index in [2.05, 4.69) is 15.3 Å². The van der Waals surface area contributed by atoms with Crippen molar-refractivity contribution in [2.75, 3.05) is 31.3 Å². The van der Waals surface area contributed by atoms with Gasteiger partial charge in [-0.25, -0.2) is 14.8 Å². The van der Waals surface area contributed by atoms with Crippen LogP contribution < -0.4 is 10.1 Å². The average molecular weight is 437 g/mol. The number of rotatable bonds is 8. The van der Waals surface area contributed by atoms with Crippen LogP contribution in [0.25, 0.3) is 11.1 Å². The fraction of sp³-hybridized carbons (Fsp3) is 0.261. The second-order valence-electron chi connectivity index (χ2n) is 7.19. The highest BCUT2D eigenvalue weighted by Crippen LogP contribution is 2.25. The van der Waals surface area contributed by atoms with Crippen molar-refractivity contribution >= 4 is 29.4 Å². The molecule has 1 aliphatic heterocycles. The van der Waals surface area contributed by atoms with Crippen molar-refractivity contribution in [1.29, 1.82) is 0 Å². The minimum Gasteiger partial charge on any atom is -0.497 e. The lowest BCUT2D eigenvalue weighted by Gasteiger charge is -2.19.